The smallest absolute Gasteiger partial charge is 0.396 e. The Kier molecular flexibility index (Phi) is 2.70. The Hall–Kier alpha value is -2.16. The molecule has 2 fully saturated rings. The molecular weight excluding hydrogens is 244 g/mol. The van der Waals surface area contributed by atoms with Crippen LogP contribution in [0.2, 0.25) is 0 Å². The molecule has 0 aromatic carbocycles. The molecule has 2 aliphatic heterocycles. The average molecular weight is 256 g/mol. The summed E-state index contributed by atoms with van der Waals surface area (Å²) in [4.78, 5) is 35.8. The monoisotopic (exact) mass is 256 g/mol. The predicted molar refractivity (Wildman–Crippen MR) is 55.8 cm³/mol. The number of rotatable bonds is 0. The van der Waals surface area contributed by atoms with Gasteiger partial charge in [0.15, 0.2) is 0 Å². The van der Waals surface area contributed by atoms with E-state index in [1.165, 1.54) is 7.05 Å². The Morgan fingerprint density at radius 3 is 2.67 bits per heavy atom. The number of nitrogens with two attached hydrogens (primary N) is 1. The van der Waals surface area contributed by atoms with Gasteiger partial charge >= 0.3 is 23.8 Å². The van der Waals surface area contributed by atoms with Crippen LogP contribution in [0, 0.1) is 5.41 Å². The largest absolute Gasteiger partial charge is 0.429 e. The van der Waals surface area contributed by atoms with Crippen LogP contribution in [-0.2, 0) is 23.9 Å². The molecule has 2 saturated heterocycles. The van der Waals surface area contributed by atoms with Gasteiger partial charge in [-0.2, -0.15) is 0 Å². The maximum Gasteiger partial charge on any atom is 0.429 e. The molecule has 2 rings (SSSR count). The second-order valence-electron chi connectivity index (χ2n) is 3.98. The molecule has 0 aromatic heterocycles. The molecule has 1 spiro atoms. The van der Waals surface area contributed by atoms with Crippen molar-refractivity contribution in [2.45, 2.75) is 24.8 Å². The van der Waals surface area contributed by atoms with E-state index in [2.05, 4.69) is 5.32 Å². The molecule has 9 heteroatoms. The van der Waals surface area contributed by atoms with Crippen molar-refractivity contribution in [3.63, 3.8) is 0 Å². The number of hydrogen-bond acceptors (Lipinski definition) is 7. The number of hydrogen-bond donors (Lipinski definition) is 3. The lowest BCUT2D eigenvalue weighted by Gasteiger charge is -2.33. The second-order valence-corrected chi connectivity index (χ2v) is 3.98. The third-order valence-corrected chi connectivity index (χ3v) is 2.75. The van der Waals surface area contributed by atoms with Crippen LogP contribution < -0.4 is 11.1 Å². The van der Waals surface area contributed by atoms with Gasteiger partial charge < -0.3 is 15.2 Å². The number of guanidine groups is 1. The molecule has 0 saturated carbocycles. The first-order valence-electron chi connectivity index (χ1n) is 5.21. The van der Waals surface area contributed by atoms with Gasteiger partial charge in [-0.25, -0.2) is 0 Å². The molecule has 2 heterocycles. The number of ether oxygens (including phenoxy) is 2. The van der Waals surface area contributed by atoms with Gasteiger partial charge in [0.1, 0.15) is 6.04 Å². The van der Waals surface area contributed by atoms with Gasteiger partial charge in [0, 0.05) is 13.5 Å². The van der Waals surface area contributed by atoms with Crippen molar-refractivity contribution in [1.29, 1.82) is 5.41 Å². The number of likely N-dealkylation sites (N-methyl/N-ethyl adjacent to an activating group) is 1. The fraction of sp³-hybridized carbons (Fsp3) is 0.556. The summed E-state index contributed by atoms with van der Waals surface area (Å²) < 4.78 is 9.77. The van der Waals surface area contributed by atoms with Crippen molar-refractivity contribution in [2.75, 3.05) is 7.05 Å². The van der Waals surface area contributed by atoms with E-state index in [1.54, 1.807) is 0 Å². The van der Waals surface area contributed by atoms with Crippen molar-refractivity contribution in [3.8, 4) is 0 Å². The van der Waals surface area contributed by atoms with E-state index >= 15 is 0 Å². The van der Waals surface area contributed by atoms with Gasteiger partial charge in [-0.3, -0.25) is 30.0 Å². The van der Waals surface area contributed by atoms with Crippen LogP contribution in [0.25, 0.3) is 0 Å². The fourth-order valence-electron chi connectivity index (χ4n) is 1.63. The minimum absolute atomic E-state index is 0.0799. The Labute approximate surface area is 102 Å². The molecule has 4 N–H and O–H groups in total. The zero-order valence-corrected chi connectivity index (χ0v) is 9.56. The fourth-order valence-corrected chi connectivity index (χ4v) is 1.63. The van der Waals surface area contributed by atoms with Crippen LogP contribution in [0.3, 0.4) is 0 Å². The van der Waals surface area contributed by atoms with E-state index in [0.717, 1.165) is 4.90 Å². The Morgan fingerprint density at radius 1 is 1.44 bits per heavy atom. The SMILES string of the molecule is CN1C(=N)NC(=O)C12OC(=O)CC[C@@H](N)C(=O)O2. The van der Waals surface area contributed by atoms with Crippen molar-refractivity contribution < 1.29 is 23.9 Å². The first-order valence-corrected chi connectivity index (χ1v) is 5.21. The number of carbonyl (C=O) groups excluding carboxylic acids is 3. The topological polar surface area (TPSA) is 135 Å². The minimum Gasteiger partial charge on any atom is -0.396 e. The van der Waals surface area contributed by atoms with E-state index in [4.69, 9.17) is 20.6 Å². The lowest BCUT2D eigenvalue weighted by molar-refractivity contribution is -0.256. The number of nitrogens with zero attached hydrogens (tertiary/aromatic N) is 1. The molecule has 18 heavy (non-hydrogen) atoms. The third kappa shape index (κ3) is 1.68. The van der Waals surface area contributed by atoms with Crippen LogP contribution in [0.4, 0.5) is 0 Å². The number of amides is 1. The van der Waals surface area contributed by atoms with Gasteiger partial charge in [-0.05, 0) is 6.42 Å². The van der Waals surface area contributed by atoms with Gasteiger partial charge in [0.2, 0.25) is 5.96 Å². The van der Waals surface area contributed by atoms with Crippen LogP contribution in [0.5, 0.6) is 0 Å². The van der Waals surface area contributed by atoms with E-state index < -0.39 is 29.8 Å². The normalized spacial score (nSPS) is 32.8. The van der Waals surface area contributed by atoms with Crippen molar-refractivity contribution in [3.05, 3.63) is 0 Å². The van der Waals surface area contributed by atoms with E-state index in [1.807, 2.05) is 0 Å². The molecule has 1 amide bonds. The summed E-state index contributed by atoms with van der Waals surface area (Å²) in [5.41, 5.74) is 5.50. The van der Waals surface area contributed by atoms with Gasteiger partial charge in [0.05, 0.1) is 0 Å². The minimum atomic E-state index is -2.26. The first kappa shape index (κ1) is 12.3. The summed E-state index contributed by atoms with van der Waals surface area (Å²) in [6, 6.07) is -1.01. The zero-order valence-electron chi connectivity index (χ0n) is 9.56. The summed E-state index contributed by atoms with van der Waals surface area (Å²) in [6.07, 6.45) is -0.0248. The number of carbonyl (C=O) groups is 3. The van der Waals surface area contributed by atoms with Crippen molar-refractivity contribution >= 4 is 23.8 Å². The van der Waals surface area contributed by atoms with Crippen molar-refractivity contribution in [1.82, 2.24) is 10.2 Å². The molecule has 0 bridgehead atoms. The molecular formula is C9H12N4O5. The summed E-state index contributed by atoms with van der Waals surface area (Å²) >= 11 is 0. The van der Waals surface area contributed by atoms with E-state index in [-0.39, 0.29) is 18.8 Å². The molecule has 2 aliphatic rings. The zero-order chi connectivity index (χ0) is 13.5. The maximum absolute atomic E-state index is 11.7. The molecule has 0 radical (unpaired) electrons. The molecule has 9 nitrogen and oxygen atoms in total. The summed E-state index contributed by atoms with van der Waals surface area (Å²) in [7, 11) is 1.29. The van der Waals surface area contributed by atoms with E-state index in [9.17, 15) is 14.4 Å². The lowest BCUT2D eigenvalue weighted by atomic mass is 10.1. The summed E-state index contributed by atoms with van der Waals surface area (Å²) in [5, 5.41) is 9.54. The maximum atomic E-state index is 11.7. The second kappa shape index (κ2) is 3.95. The Morgan fingerprint density at radius 2 is 2.11 bits per heavy atom. The number of nitrogens with one attached hydrogen (secondary N) is 2. The highest BCUT2D eigenvalue weighted by atomic mass is 16.8. The average Bonchev–Trinajstić information content (AvgIpc) is 2.50. The molecule has 2 atom stereocenters. The highest BCUT2D eigenvalue weighted by molar-refractivity contribution is 6.07. The summed E-state index contributed by atoms with van der Waals surface area (Å²) in [5.74, 6) is -5.10. The molecule has 0 aliphatic carbocycles. The Bertz CT molecular complexity index is 450. The Balaban J connectivity index is 2.39. The van der Waals surface area contributed by atoms with Crippen LogP contribution in [0.1, 0.15) is 12.8 Å². The molecule has 1 unspecified atom stereocenters. The number of esters is 2. The van der Waals surface area contributed by atoms with Crippen LogP contribution in [-0.4, -0.2) is 47.7 Å². The quantitative estimate of drug-likeness (QED) is 0.420. The molecule has 0 aromatic rings. The van der Waals surface area contributed by atoms with Crippen molar-refractivity contribution in [2.24, 2.45) is 5.73 Å². The van der Waals surface area contributed by atoms with Gasteiger partial charge in [0.25, 0.3) is 0 Å². The third-order valence-electron chi connectivity index (χ3n) is 2.75. The van der Waals surface area contributed by atoms with E-state index in [0.29, 0.717) is 0 Å². The molecule has 98 valence electrons. The standard InChI is InChI=1S/C9H12N4O5/c1-13-8(11)12-7(16)9(13)17-5(14)3-2-4(10)6(15)18-9/h4H,2-3,10H2,1H3,(H2,11,12,16)/t4-,9?/m1/s1. The van der Waals surface area contributed by atoms with Gasteiger partial charge in [-0.1, -0.05) is 0 Å². The highest BCUT2D eigenvalue weighted by Gasteiger charge is 2.58. The highest BCUT2D eigenvalue weighted by Crippen LogP contribution is 2.26. The van der Waals surface area contributed by atoms with Gasteiger partial charge in [-0.15, -0.1) is 0 Å². The lowest BCUT2D eigenvalue weighted by Crippen LogP contribution is -2.57. The first-order chi connectivity index (χ1) is 8.36. The predicted octanol–water partition coefficient (Wildman–Crippen LogP) is -2.16. The van der Waals surface area contributed by atoms with Crippen LogP contribution >= 0.6 is 0 Å². The van der Waals surface area contributed by atoms with Crippen LogP contribution in [0.15, 0.2) is 0 Å². The summed E-state index contributed by atoms with van der Waals surface area (Å²) in [6.45, 7) is 0.